The van der Waals surface area contributed by atoms with E-state index < -0.39 is 0 Å². The van der Waals surface area contributed by atoms with Gasteiger partial charge >= 0.3 is 0 Å². The molecule has 3 rings (SSSR count). The number of hydrogen-bond donors (Lipinski definition) is 2. The highest BCUT2D eigenvalue weighted by molar-refractivity contribution is 5.95. The molecule has 0 fully saturated rings. The number of amides is 1. The number of rotatable bonds is 4. The van der Waals surface area contributed by atoms with Crippen LogP contribution in [0.5, 0.6) is 0 Å². The average molecular weight is 643 g/mol. The van der Waals surface area contributed by atoms with E-state index in [1.807, 2.05) is 37.3 Å². The minimum absolute atomic E-state index is 0. The molecule has 0 bridgehead atoms. The summed E-state index contributed by atoms with van der Waals surface area (Å²) in [6, 6.07) is 17.5. The topological polar surface area (TPSA) is 97.4 Å². The van der Waals surface area contributed by atoms with Gasteiger partial charge in [-0.1, -0.05) is 54.3 Å². The fourth-order valence-electron chi connectivity index (χ4n) is 3.03. The molecule has 0 aliphatic carbocycles. The monoisotopic (exact) mass is 642 g/mol. The van der Waals surface area contributed by atoms with Crippen LogP contribution in [0, 0.1) is 117 Å². The Balaban J connectivity index is -0.000000178. The van der Waals surface area contributed by atoms with Gasteiger partial charge in [0.25, 0.3) is 5.91 Å². The Kier molecular flexibility index (Phi) is 22.7. The minimum atomic E-state index is -0.294. The molecule has 1 atom stereocenters. The minimum Gasteiger partial charge on any atom is -0.345 e. The van der Waals surface area contributed by atoms with Crippen LogP contribution >= 0.6 is 0 Å². The Morgan fingerprint density at radius 3 is 1.56 bits per heavy atom. The van der Waals surface area contributed by atoms with Gasteiger partial charge in [-0.25, -0.2) is 4.39 Å². The standard InChI is InChI=1S/C20H17FN2O.C20H6.FH.H2N2O.5H2/c1-14(15-5-3-2-4-6-15)23-20(24)18-11-17(12-22-13-18)16-7-9-19(21)10-8-16;1-3-5-7-9-11-13-15-17-19-20-18-16-14-12-10-8-6-4-2;;1-2-3;;;;;/h2-14H,1H3,(H,23,24);1-2H3;1H;(H2,1,3);5*1H/t14-;;;;;;;;/m1......../s1. The highest BCUT2D eigenvalue weighted by Gasteiger charge is 2.12. The van der Waals surface area contributed by atoms with Crippen molar-refractivity contribution in [2.24, 2.45) is 11.1 Å². The maximum atomic E-state index is 13.0. The van der Waals surface area contributed by atoms with Gasteiger partial charge in [-0.3, -0.25) is 20.3 Å². The summed E-state index contributed by atoms with van der Waals surface area (Å²) in [6.45, 7) is 5.34. The summed E-state index contributed by atoms with van der Waals surface area (Å²) in [7, 11) is 0. The van der Waals surface area contributed by atoms with Crippen LogP contribution in [0.2, 0.25) is 0 Å². The van der Waals surface area contributed by atoms with E-state index in [1.54, 1.807) is 43.5 Å². The third-order valence-electron chi connectivity index (χ3n) is 5.01. The van der Waals surface area contributed by atoms with Crippen molar-refractivity contribution >= 4 is 5.91 Å². The summed E-state index contributed by atoms with van der Waals surface area (Å²) < 4.78 is 13.0. The molecule has 48 heavy (non-hydrogen) atoms. The smallest absolute Gasteiger partial charge is 0.253 e. The van der Waals surface area contributed by atoms with Gasteiger partial charge in [0.2, 0.25) is 0 Å². The fraction of sp³-hybridized carbons (Fsp3) is 0.100. The van der Waals surface area contributed by atoms with Gasteiger partial charge in [0.1, 0.15) is 5.82 Å². The molecular weight excluding hydrogens is 606 g/mol. The maximum Gasteiger partial charge on any atom is 0.253 e. The molecule has 1 heterocycles. The number of nitrogens with two attached hydrogens (primary N) is 1. The fourth-order valence-corrected chi connectivity index (χ4v) is 3.03. The summed E-state index contributed by atoms with van der Waals surface area (Å²) in [5.74, 6) is 49.0. The molecule has 0 saturated carbocycles. The molecule has 0 radical (unpaired) electrons. The Hall–Kier alpha value is -7.64. The molecule has 0 spiro atoms. The van der Waals surface area contributed by atoms with E-state index in [1.165, 1.54) is 18.3 Å². The van der Waals surface area contributed by atoms with Crippen molar-refractivity contribution in [1.82, 2.24) is 10.3 Å². The van der Waals surface area contributed by atoms with Crippen molar-refractivity contribution in [1.29, 1.82) is 0 Å². The molecule has 1 amide bonds. The van der Waals surface area contributed by atoms with E-state index >= 15 is 0 Å². The van der Waals surface area contributed by atoms with Gasteiger partial charge in [-0.05, 0) is 145 Å². The number of nitrogens with one attached hydrogen (secondary N) is 1. The van der Waals surface area contributed by atoms with Gasteiger partial charge in [0, 0.05) is 30.4 Å². The molecule has 3 N–H and O–H groups in total. The van der Waals surface area contributed by atoms with E-state index in [0.29, 0.717) is 5.56 Å². The van der Waals surface area contributed by atoms with E-state index in [4.69, 9.17) is 4.91 Å². The normalized spacial score (nSPS) is 7.75. The van der Waals surface area contributed by atoms with Crippen molar-refractivity contribution in [3.63, 3.8) is 0 Å². The SMILES string of the molecule is CC#CC#CC#CC#CC#CC#CC#CC#CC#CC.C[C@@H](NC(=O)c1cncc(-c2ccc(F)cc2)c1)c1ccccc1.F.NN=O.[HH].[HH].[HH].[HH].[HH]. The lowest BCUT2D eigenvalue weighted by Crippen LogP contribution is -2.26. The Bertz CT molecular complexity index is 2050. The number of hydrogen-bond acceptors (Lipinski definition) is 4. The summed E-state index contributed by atoms with van der Waals surface area (Å²) in [4.78, 5) is 24.9. The zero-order valence-electron chi connectivity index (χ0n) is 26.1. The molecule has 8 heteroatoms. The number of carbonyl (C=O) groups is 1. The Morgan fingerprint density at radius 2 is 1.15 bits per heavy atom. The van der Waals surface area contributed by atoms with Crippen LogP contribution in [-0.4, -0.2) is 10.9 Å². The van der Waals surface area contributed by atoms with Crippen molar-refractivity contribution in [2.75, 3.05) is 0 Å². The first-order valence-corrected chi connectivity index (χ1v) is 13.4. The first-order chi connectivity index (χ1) is 23.0. The molecule has 2 aromatic carbocycles. The second-order valence-corrected chi connectivity index (χ2v) is 8.18. The van der Waals surface area contributed by atoms with Gasteiger partial charge < -0.3 is 5.32 Å². The molecule has 0 saturated heterocycles. The average Bonchev–Trinajstić information content (AvgIpc) is 3.09. The van der Waals surface area contributed by atoms with Crippen molar-refractivity contribution in [3.05, 3.63) is 94.9 Å². The molecule has 3 aromatic rings. The van der Waals surface area contributed by atoms with Crippen LogP contribution in [0.1, 0.15) is 49.9 Å². The second-order valence-electron chi connectivity index (χ2n) is 8.18. The summed E-state index contributed by atoms with van der Waals surface area (Å²) in [6.07, 6.45) is 3.19. The molecule has 0 aliphatic heterocycles. The quantitative estimate of drug-likeness (QED) is 0.148. The lowest BCUT2D eigenvalue weighted by Gasteiger charge is -2.14. The third kappa shape index (κ3) is 18.8. The number of halogens is 2. The lowest BCUT2D eigenvalue weighted by molar-refractivity contribution is 0.0939. The van der Waals surface area contributed by atoms with E-state index in [-0.39, 0.29) is 29.6 Å². The largest absolute Gasteiger partial charge is 0.345 e. The number of aromatic nitrogens is 1. The number of pyridine rings is 1. The van der Waals surface area contributed by atoms with Gasteiger partial charge in [-0.15, -0.1) is 4.91 Å². The van der Waals surface area contributed by atoms with E-state index in [9.17, 15) is 9.18 Å². The zero-order valence-corrected chi connectivity index (χ0v) is 26.1. The highest BCUT2D eigenvalue weighted by atomic mass is 19.1. The number of benzene rings is 2. The predicted molar refractivity (Wildman–Crippen MR) is 196 cm³/mol. The third-order valence-corrected chi connectivity index (χ3v) is 5.01. The summed E-state index contributed by atoms with van der Waals surface area (Å²) in [5.41, 5.74) is 3.10. The molecule has 0 unspecified atom stereocenters. The van der Waals surface area contributed by atoms with Crippen molar-refractivity contribution in [3.8, 4) is 118 Å². The second kappa shape index (κ2) is 26.9. The Morgan fingerprint density at radius 1 is 0.729 bits per heavy atom. The summed E-state index contributed by atoms with van der Waals surface area (Å²) in [5, 5.41) is 4.71. The lowest BCUT2D eigenvalue weighted by atomic mass is 10.0. The van der Waals surface area contributed by atoms with E-state index in [0.717, 1.165) is 16.7 Å². The first kappa shape index (κ1) is 40.4. The maximum absolute atomic E-state index is 13.0. The van der Waals surface area contributed by atoms with Crippen LogP contribution in [0.15, 0.2) is 78.3 Å². The van der Waals surface area contributed by atoms with Gasteiger partial charge in [0.15, 0.2) is 0 Å². The molecular formula is C40H36F2N4O2. The van der Waals surface area contributed by atoms with E-state index in [2.05, 4.69) is 123 Å². The highest BCUT2D eigenvalue weighted by Crippen LogP contribution is 2.20. The predicted octanol–water partition coefficient (Wildman–Crippen LogP) is 6.44. The van der Waals surface area contributed by atoms with Crippen LogP contribution < -0.4 is 11.2 Å². The number of nitrogens with zero attached hydrogens (tertiary/aromatic N) is 2. The zero-order chi connectivity index (χ0) is 34.4. The molecule has 1 aromatic heterocycles. The van der Waals surface area contributed by atoms with Crippen molar-refractivity contribution in [2.45, 2.75) is 26.8 Å². The summed E-state index contributed by atoms with van der Waals surface area (Å²) >= 11 is 0. The Labute approximate surface area is 287 Å². The van der Waals surface area contributed by atoms with Gasteiger partial charge in [0.05, 0.1) is 11.6 Å². The van der Waals surface area contributed by atoms with Gasteiger partial charge in [-0.2, -0.15) is 0 Å². The first-order valence-electron chi connectivity index (χ1n) is 13.4. The van der Waals surface area contributed by atoms with Crippen LogP contribution in [-0.2, 0) is 0 Å². The van der Waals surface area contributed by atoms with Crippen LogP contribution in [0.3, 0.4) is 0 Å². The number of carbonyl (C=O) groups excluding carboxylic acids is 1. The van der Waals surface area contributed by atoms with Crippen LogP contribution in [0.4, 0.5) is 9.09 Å². The molecule has 6 nitrogen and oxygen atoms in total. The number of nitroso groups, excluding NO2 is 1. The van der Waals surface area contributed by atoms with Crippen LogP contribution in [0.25, 0.3) is 11.1 Å². The van der Waals surface area contributed by atoms with Crippen molar-refractivity contribution < 1.29 is 21.0 Å². The molecule has 0 aliphatic rings. The molecule has 242 valence electrons.